The van der Waals surface area contributed by atoms with Gasteiger partial charge in [0, 0.05) is 19.8 Å². The van der Waals surface area contributed by atoms with Gasteiger partial charge in [-0.05, 0) is 31.4 Å². The van der Waals surface area contributed by atoms with Gasteiger partial charge in [0.2, 0.25) is 0 Å². The van der Waals surface area contributed by atoms with E-state index in [0.29, 0.717) is 42.7 Å². The Morgan fingerprint density at radius 3 is 2.81 bits per heavy atom. The number of hydrogen-bond donors (Lipinski definition) is 2. The molecular formula is C16H26N2O3. The van der Waals surface area contributed by atoms with Gasteiger partial charge < -0.3 is 20.5 Å². The maximum absolute atomic E-state index is 12.1. The largest absolute Gasteiger partial charge is 0.491 e. The highest BCUT2D eigenvalue weighted by Crippen LogP contribution is 2.26. The van der Waals surface area contributed by atoms with Crippen LogP contribution < -0.4 is 15.8 Å². The van der Waals surface area contributed by atoms with E-state index in [2.05, 4.69) is 19.2 Å². The molecule has 0 aliphatic heterocycles. The van der Waals surface area contributed by atoms with Gasteiger partial charge in [-0.3, -0.25) is 4.79 Å². The van der Waals surface area contributed by atoms with Gasteiger partial charge in [0.25, 0.3) is 5.91 Å². The van der Waals surface area contributed by atoms with E-state index in [4.69, 9.17) is 15.2 Å². The lowest BCUT2D eigenvalue weighted by atomic mass is 10.1. The molecule has 3 N–H and O–H groups in total. The summed E-state index contributed by atoms with van der Waals surface area (Å²) in [6.07, 6.45) is 0.782. The van der Waals surface area contributed by atoms with Crippen LogP contribution >= 0.6 is 0 Å². The number of hydrogen-bond acceptors (Lipinski definition) is 4. The van der Waals surface area contributed by atoms with E-state index in [1.807, 2.05) is 6.92 Å². The molecule has 5 heteroatoms. The molecule has 1 amide bonds. The predicted octanol–water partition coefficient (Wildman–Crippen LogP) is 2.46. The third-order valence-corrected chi connectivity index (χ3v) is 2.78. The first kappa shape index (κ1) is 17.3. The van der Waals surface area contributed by atoms with Gasteiger partial charge in [-0.2, -0.15) is 0 Å². The average molecular weight is 294 g/mol. The third-order valence-electron chi connectivity index (χ3n) is 2.78. The van der Waals surface area contributed by atoms with E-state index >= 15 is 0 Å². The summed E-state index contributed by atoms with van der Waals surface area (Å²) in [6, 6.07) is 5.19. The fourth-order valence-corrected chi connectivity index (χ4v) is 1.83. The van der Waals surface area contributed by atoms with Crippen LogP contribution in [0.3, 0.4) is 0 Å². The first-order valence-electron chi connectivity index (χ1n) is 7.43. The zero-order valence-electron chi connectivity index (χ0n) is 13.1. The van der Waals surface area contributed by atoms with Crippen molar-refractivity contribution in [3.63, 3.8) is 0 Å². The van der Waals surface area contributed by atoms with Crippen molar-refractivity contribution >= 4 is 11.6 Å². The number of amides is 1. The minimum atomic E-state index is -0.172. The molecule has 0 saturated carbocycles. The number of benzene rings is 1. The lowest BCUT2D eigenvalue weighted by Gasteiger charge is -2.13. The molecule has 21 heavy (non-hydrogen) atoms. The van der Waals surface area contributed by atoms with Gasteiger partial charge in [-0.1, -0.05) is 19.9 Å². The lowest BCUT2D eigenvalue weighted by Crippen LogP contribution is -2.26. The number of para-hydroxylation sites is 1. The fourth-order valence-electron chi connectivity index (χ4n) is 1.83. The molecule has 0 aliphatic rings. The number of rotatable bonds is 9. The highest BCUT2D eigenvalue weighted by molar-refractivity contribution is 5.98. The first-order chi connectivity index (χ1) is 10.1. The molecule has 0 spiro atoms. The van der Waals surface area contributed by atoms with Crippen LogP contribution in [0.15, 0.2) is 18.2 Å². The number of nitrogens with two attached hydrogens (primary N) is 1. The van der Waals surface area contributed by atoms with Gasteiger partial charge in [0.05, 0.1) is 17.9 Å². The van der Waals surface area contributed by atoms with Crippen molar-refractivity contribution in [2.45, 2.75) is 27.2 Å². The summed E-state index contributed by atoms with van der Waals surface area (Å²) >= 11 is 0. The summed E-state index contributed by atoms with van der Waals surface area (Å²) in [5.41, 5.74) is 6.79. The molecule has 0 aliphatic carbocycles. The molecule has 1 aromatic rings. The molecule has 0 unspecified atom stereocenters. The van der Waals surface area contributed by atoms with Crippen LogP contribution in [0.5, 0.6) is 5.75 Å². The Bertz CT molecular complexity index is 447. The van der Waals surface area contributed by atoms with Crippen molar-refractivity contribution in [3.05, 3.63) is 23.8 Å². The zero-order valence-corrected chi connectivity index (χ0v) is 13.1. The normalized spacial score (nSPS) is 10.7. The van der Waals surface area contributed by atoms with Crippen molar-refractivity contribution in [2.75, 3.05) is 32.1 Å². The number of nitrogens with one attached hydrogen (secondary N) is 1. The quantitative estimate of drug-likeness (QED) is 0.542. The number of nitrogen functional groups attached to an aromatic ring is 1. The maximum atomic E-state index is 12.1. The number of carbonyl (C=O) groups is 1. The van der Waals surface area contributed by atoms with E-state index in [1.54, 1.807) is 18.2 Å². The molecule has 0 radical (unpaired) electrons. The minimum absolute atomic E-state index is 0.172. The highest BCUT2D eigenvalue weighted by Gasteiger charge is 2.14. The fraction of sp³-hybridized carbons (Fsp3) is 0.562. The van der Waals surface area contributed by atoms with Crippen LogP contribution in [-0.2, 0) is 4.74 Å². The van der Waals surface area contributed by atoms with Gasteiger partial charge in [-0.15, -0.1) is 0 Å². The minimum Gasteiger partial charge on any atom is -0.491 e. The topological polar surface area (TPSA) is 73.6 Å². The molecule has 1 aromatic carbocycles. The van der Waals surface area contributed by atoms with Gasteiger partial charge >= 0.3 is 0 Å². The standard InChI is InChI=1S/C16H26N2O3/c1-4-21-15-13(7-5-8-14(15)17)16(19)18-9-6-10-20-11-12(2)3/h5,7-8,12H,4,6,9-11,17H2,1-3H3,(H,18,19). The molecule has 0 atom stereocenters. The van der Waals surface area contributed by atoms with Crippen LogP contribution in [0, 0.1) is 5.92 Å². The summed E-state index contributed by atoms with van der Waals surface area (Å²) < 4.78 is 10.9. The molecule has 0 bridgehead atoms. The maximum Gasteiger partial charge on any atom is 0.255 e. The van der Waals surface area contributed by atoms with Crippen molar-refractivity contribution in [2.24, 2.45) is 5.92 Å². The Labute approximate surface area is 126 Å². The monoisotopic (exact) mass is 294 g/mol. The molecule has 0 heterocycles. The number of ether oxygens (including phenoxy) is 2. The van der Waals surface area contributed by atoms with Crippen LogP contribution in [0.2, 0.25) is 0 Å². The van der Waals surface area contributed by atoms with Crippen LogP contribution in [-0.4, -0.2) is 32.3 Å². The van der Waals surface area contributed by atoms with Crippen molar-refractivity contribution in [1.29, 1.82) is 0 Å². The summed E-state index contributed by atoms with van der Waals surface area (Å²) in [5.74, 6) is 0.809. The second-order valence-corrected chi connectivity index (χ2v) is 5.24. The first-order valence-corrected chi connectivity index (χ1v) is 7.43. The smallest absolute Gasteiger partial charge is 0.255 e. The predicted molar refractivity (Wildman–Crippen MR) is 84.6 cm³/mol. The zero-order chi connectivity index (χ0) is 15.7. The molecule has 0 aromatic heterocycles. The van der Waals surface area contributed by atoms with E-state index in [9.17, 15) is 4.79 Å². The molecular weight excluding hydrogens is 268 g/mol. The Morgan fingerprint density at radius 1 is 1.38 bits per heavy atom. The van der Waals surface area contributed by atoms with Gasteiger partial charge in [-0.25, -0.2) is 0 Å². The van der Waals surface area contributed by atoms with Gasteiger partial charge in [0.15, 0.2) is 5.75 Å². The number of carbonyl (C=O) groups excluding carboxylic acids is 1. The molecule has 5 nitrogen and oxygen atoms in total. The Morgan fingerprint density at radius 2 is 2.14 bits per heavy atom. The van der Waals surface area contributed by atoms with Crippen LogP contribution in [0.4, 0.5) is 5.69 Å². The Balaban J connectivity index is 2.43. The van der Waals surface area contributed by atoms with Crippen LogP contribution in [0.1, 0.15) is 37.6 Å². The summed E-state index contributed by atoms with van der Waals surface area (Å²) in [7, 11) is 0. The summed E-state index contributed by atoms with van der Waals surface area (Å²) in [6.45, 7) is 8.51. The van der Waals surface area contributed by atoms with Crippen molar-refractivity contribution in [1.82, 2.24) is 5.32 Å². The lowest BCUT2D eigenvalue weighted by molar-refractivity contribution is 0.0922. The molecule has 0 saturated heterocycles. The van der Waals surface area contributed by atoms with E-state index < -0.39 is 0 Å². The van der Waals surface area contributed by atoms with Gasteiger partial charge in [0.1, 0.15) is 0 Å². The van der Waals surface area contributed by atoms with E-state index in [1.165, 1.54) is 0 Å². The molecule has 0 fully saturated rings. The van der Waals surface area contributed by atoms with Crippen molar-refractivity contribution in [3.8, 4) is 5.75 Å². The van der Waals surface area contributed by atoms with E-state index in [0.717, 1.165) is 13.0 Å². The summed E-state index contributed by atoms with van der Waals surface area (Å²) in [5, 5.41) is 2.86. The highest BCUT2D eigenvalue weighted by atomic mass is 16.5. The summed E-state index contributed by atoms with van der Waals surface area (Å²) in [4.78, 5) is 12.1. The SMILES string of the molecule is CCOc1c(N)cccc1C(=O)NCCCOCC(C)C. The average Bonchev–Trinajstić information content (AvgIpc) is 2.44. The second kappa shape index (κ2) is 9.23. The third kappa shape index (κ3) is 6.04. The Kier molecular flexibility index (Phi) is 7.61. The number of anilines is 1. The van der Waals surface area contributed by atoms with E-state index in [-0.39, 0.29) is 5.91 Å². The molecule has 1 rings (SSSR count). The van der Waals surface area contributed by atoms with Crippen LogP contribution in [0.25, 0.3) is 0 Å². The molecule has 118 valence electrons. The van der Waals surface area contributed by atoms with Crippen molar-refractivity contribution < 1.29 is 14.3 Å². The second-order valence-electron chi connectivity index (χ2n) is 5.24. The Hall–Kier alpha value is -1.75.